The molecule has 1 aliphatic carbocycles. The van der Waals surface area contributed by atoms with Crippen molar-refractivity contribution in [1.29, 1.82) is 0 Å². The smallest absolute Gasteiger partial charge is 0.183 e. The summed E-state index contributed by atoms with van der Waals surface area (Å²) in [6.07, 6.45) is 5.84. The third-order valence-electron chi connectivity index (χ3n) is 5.55. The number of rotatable bonds is 4. The predicted octanol–water partition coefficient (Wildman–Crippen LogP) is 2.00. The Morgan fingerprint density at radius 2 is 1.79 bits per heavy atom. The minimum absolute atomic E-state index is 0. The second-order valence-electron chi connectivity index (χ2n) is 7.54. The summed E-state index contributed by atoms with van der Waals surface area (Å²) >= 11 is 3.71. The van der Waals surface area contributed by atoms with Crippen molar-refractivity contribution in [2.45, 2.75) is 33.2 Å². The van der Waals surface area contributed by atoms with Gasteiger partial charge in [0.25, 0.3) is 0 Å². The summed E-state index contributed by atoms with van der Waals surface area (Å²) in [6.45, 7) is 5.04. The molecule has 0 fully saturated rings. The van der Waals surface area contributed by atoms with Crippen molar-refractivity contribution in [2.24, 2.45) is 5.92 Å². The van der Waals surface area contributed by atoms with E-state index in [0.717, 1.165) is 29.4 Å². The molecule has 2 aromatic carbocycles. The minimum Gasteiger partial charge on any atom is -1.00 e. The lowest BCUT2D eigenvalue weighted by atomic mass is 9.96. The Labute approximate surface area is 192 Å². The van der Waals surface area contributed by atoms with E-state index in [1.165, 1.54) is 27.8 Å². The molecular formula is C24H23BrINO. The maximum Gasteiger partial charge on any atom is 0.183 e. The molecule has 3 aromatic rings. The molecule has 0 amide bonds. The van der Waals surface area contributed by atoms with E-state index in [4.69, 9.17) is 0 Å². The maximum absolute atomic E-state index is 12.9. The number of fused-ring (bicyclic) bond motifs is 1. The third kappa shape index (κ3) is 4.38. The standard InChI is InChI=1S/C24H23BrNO.HI/c1-16-10-20-13-21(24(27)22(20)11-17(16)2)12-19-8-9-26(15-23(19)25)14-18-6-4-3-5-7-18;/h3-11,15,21H,12-14H2,1-2H3;1H/q+1;/p-1. The van der Waals surface area contributed by atoms with Crippen molar-refractivity contribution >= 4 is 21.7 Å². The van der Waals surface area contributed by atoms with Gasteiger partial charge in [-0.1, -0.05) is 36.4 Å². The Balaban J connectivity index is 0.00000225. The van der Waals surface area contributed by atoms with Crippen LogP contribution in [0.1, 0.15) is 38.2 Å². The Bertz CT molecular complexity index is 1020. The highest BCUT2D eigenvalue weighted by atomic mass is 127. The van der Waals surface area contributed by atoms with E-state index in [9.17, 15) is 4.79 Å². The van der Waals surface area contributed by atoms with E-state index in [2.05, 4.69) is 89.2 Å². The molecule has 2 nitrogen and oxygen atoms in total. The number of pyridine rings is 1. The van der Waals surface area contributed by atoms with Crippen LogP contribution in [0.2, 0.25) is 0 Å². The first kappa shape index (κ1) is 21.2. The SMILES string of the molecule is Cc1cc2c(cc1C)C(=O)C(Cc1cc[n+](Cc3ccccc3)cc1Br)C2.[I-]. The van der Waals surface area contributed by atoms with Gasteiger partial charge in [0.15, 0.2) is 24.7 Å². The quantitative estimate of drug-likeness (QED) is 0.361. The molecule has 28 heavy (non-hydrogen) atoms. The van der Waals surface area contributed by atoms with Crippen molar-refractivity contribution in [2.75, 3.05) is 0 Å². The molecule has 0 saturated heterocycles. The largest absolute Gasteiger partial charge is 1.00 e. The van der Waals surface area contributed by atoms with Gasteiger partial charge < -0.3 is 24.0 Å². The number of hydrogen-bond donors (Lipinski definition) is 0. The Hall–Kier alpha value is -1.53. The maximum atomic E-state index is 12.9. The van der Waals surface area contributed by atoms with Gasteiger partial charge in [0.1, 0.15) is 0 Å². The Kier molecular flexibility index (Phi) is 6.71. The molecule has 1 atom stereocenters. The first-order valence-electron chi connectivity index (χ1n) is 9.37. The fourth-order valence-corrected chi connectivity index (χ4v) is 4.43. The van der Waals surface area contributed by atoms with Crippen LogP contribution in [0.5, 0.6) is 0 Å². The summed E-state index contributed by atoms with van der Waals surface area (Å²) in [5.41, 5.74) is 7.07. The number of hydrogen-bond acceptors (Lipinski definition) is 1. The fourth-order valence-electron chi connectivity index (χ4n) is 3.88. The number of aryl methyl sites for hydroxylation is 2. The van der Waals surface area contributed by atoms with Crippen LogP contribution in [0, 0.1) is 19.8 Å². The minimum atomic E-state index is 0. The number of ketones is 1. The first-order chi connectivity index (χ1) is 13.0. The average molecular weight is 548 g/mol. The molecule has 0 saturated carbocycles. The van der Waals surface area contributed by atoms with Crippen LogP contribution < -0.4 is 28.5 Å². The number of carbonyl (C=O) groups is 1. The number of Topliss-reactive ketones (excluding diaryl/α,β-unsaturated/α-hetero) is 1. The van der Waals surface area contributed by atoms with Gasteiger partial charge in [-0.2, -0.15) is 4.57 Å². The van der Waals surface area contributed by atoms with Crippen molar-refractivity contribution < 1.29 is 33.3 Å². The van der Waals surface area contributed by atoms with E-state index in [0.29, 0.717) is 5.78 Å². The van der Waals surface area contributed by atoms with Gasteiger partial charge in [0, 0.05) is 23.1 Å². The van der Waals surface area contributed by atoms with Gasteiger partial charge in [0.2, 0.25) is 0 Å². The number of benzene rings is 2. The molecule has 1 aromatic heterocycles. The Morgan fingerprint density at radius 1 is 1.07 bits per heavy atom. The van der Waals surface area contributed by atoms with Crippen LogP contribution in [-0.4, -0.2) is 5.78 Å². The van der Waals surface area contributed by atoms with E-state index in [-0.39, 0.29) is 29.9 Å². The third-order valence-corrected chi connectivity index (χ3v) is 6.26. The molecule has 4 rings (SSSR count). The Morgan fingerprint density at radius 3 is 2.50 bits per heavy atom. The lowest BCUT2D eigenvalue weighted by Crippen LogP contribution is -3.00. The second-order valence-corrected chi connectivity index (χ2v) is 8.39. The fraction of sp³-hybridized carbons (Fsp3) is 0.250. The van der Waals surface area contributed by atoms with Crippen molar-refractivity contribution in [3.8, 4) is 0 Å². The molecule has 1 aliphatic rings. The summed E-state index contributed by atoms with van der Waals surface area (Å²) in [5, 5.41) is 0. The van der Waals surface area contributed by atoms with E-state index in [1.54, 1.807) is 0 Å². The molecule has 0 aliphatic heterocycles. The van der Waals surface area contributed by atoms with Crippen molar-refractivity contribution in [3.63, 3.8) is 0 Å². The first-order valence-corrected chi connectivity index (χ1v) is 10.2. The van der Waals surface area contributed by atoms with Crippen LogP contribution in [0.15, 0.2) is 65.4 Å². The van der Waals surface area contributed by atoms with Crippen LogP contribution in [0.25, 0.3) is 0 Å². The highest BCUT2D eigenvalue weighted by Crippen LogP contribution is 2.32. The molecule has 0 bridgehead atoms. The summed E-state index contributed by atoms with van der Waals surface area (Å²) in [4.78, 5) is 12.9. The highest BCUT2D eigenvalue weighted by Gasteiger charge is 2.31. The van der Waals surface area contributed by atoms with Crippen LogP contribution >= 0.6 is 15.9 Å². The van der Waals surface area contributed by atoms with Gasteiger partial charge >= 0.3 is 0 Å². The molecule has 0 spiro atoms. The van der Waals surface area contributed by atoms with Crippen LogP contribution in [-0.2, 0) is 19.4 Å². The second kappa shape index (κ2) is 8.87. The molecule has 0 N–H and O–H groups in total. The number of halogens is 2. The van der Waals surface area contributed by atoms with E-state index >= 15 is 0 Å². The number of aromatic nitrogens is 1. The average Bonchev–Trinajstić information content (AvgIpc) is 2.94. The van der Waals surface area contributed by atoms with Crippen molar-refractivity contribution in [3.05, 3.63) is 98.8 Å². The molecule has 4 heteroatoms. The molecular weight excluding hydrogens is 525 g/mol. The summed E-state index contributed by atoms with van der Waals surface area (Å²) in [7, 11) is 0. The molecule has 144 valence electrons. The van der Waals surface area contributed by atoms with Crippen LogP contribution in [0.3, 0.4) is 0 Å². The zero-order chi connectivity index (χ0) is 19.0. The van der Waals surface area contributed by atoms with E-state index in [1.807, 2.05) is 6.07 Å². The van der Waals surface area contributed by atoms with Crippen molar-refractivity contribution in [1.82, 2.24) is 0 Å². The lowest BCUT2D eigenvalue weighted by molar-refractivity contribution is -0.689. The highest BCUT2D eigenvalue weighted by molar-refractivity contribution is 9.10. The topological polar surface area (TPSA) is 20.9 Å². The monoisotopic (exact) mass is 547 g/mol. The van der Waals surface area contributed by atoms with Gasteiger partial charge in [-0.05, 0) is 70.9 Å². The molecule has 1 heterocycles. The predicted molar refractivity (Wildman–Crippen MR) is 111 cm³/mol. The molecule has 1 unspecified atom stereocenters. The van der Waals surface area contributed by atoms with Gasteiger partial charge in [0.05, 0.1) is 4.47 Å². The number of nitrogens with zero attached hydrogens (tertiary/aromatic N) is 1. The van der Waals surface area contributed by atoms with Gasteiger partial charge in [-0.15, -0.1) is 0 Å². The zero-order valence-corrected chi connectivity index (χ0v) is 19.8. The van der Waals surface area contributed by atoms with Gasteiger partial charge in [-0.25, -0.2) is 0 Å². The van der Waals surface area contributed by atoms with E-state index < -0.39 is 0 Å². The molecule has 0 radical (unpaired) electrons. The normalized spacial score (nSPS) is 15.2. The summed E-state index contributed by atoms with van der Waals surface area (Å²) in [6, 6.07) is 16.8. The summed E-state index contributed by atoms with van der Waals surface area (Å²) in [5.74, 6) is 0.337. The summed E-state index contributed by atoms with van der Waals surface area (Å²) < 4.78 is 3.23. The van der Waals surface area contributed by atoms with Gasteiger partial charge in [-0.3, -0.25) is 4.79 Å². The zero-order valence-electron chi connectivity index (χ0n) is 16.1. The lowest BCUT2D eigenvalue weighted by Gasteiger charge is -2.09. The number of carbonyl (C=O) groups excluding carboxylic acids is 1. The van der Waals surface area contributed by atoms with Crippen LogP contribution in [0.4, 0.5) is 0 Å².